The molecule has 1 atom stereocenters. The Bertz CT molecular complexity index is 704. The molecule has 0 spiro atoms. The number of fused-ring (bicyclic) bond motifs is 1. The number of rotatable bonds is 4. The average molecular weight is 306 g/mol. The summed E-state index contributed by atoms with van der Waals surface area (Å²) in [4.78, 5) is 30.0. The lowest BCUT2D eigenvalue weighted by Crippen LogP contribution is -2.15. The molecular formula is C15H18N2O3S. The van der Waals surface area contributed by atoms with Gasteiger partial charge >= 0.3 is 5.97 Å². The summed E-state index contributed by atoms with van der Waals surface area (Å²) in [7, 11) is 0. The zero-order valence-corrected chi connectivity index (χ0v) is 13.3. The highest BCUT2D eigenvalue weighted by Crippen LogP contribution is 2.30. The maximum Gasteiger partial charge on any atom is 0.314 e. The van der Waals surface area contributed by atoms with Crippen LogP contribution in [0, 0.1) is 27.7 Å². The fourth-order valence-corrected chi connectivity index (χ4v) is 2.69. The second kappa shape index (κ2) is 5.52. The number of aryl methyl sites for hydroxylation is 2. The number of carbonyl (C=O) groups excluding carboxylic acids is 1. The van der Waals surface area contributed by atoms with E-state index in [1.165, 1.54) is 0 Å². The minimum atomic E-state index is -1.08. The molecule has 2 rings (SSSR count). The first kappa shape index (κ1) is 15.6. The lowest BCUT2D eigenvalue weighted by atomic mass is 9.98. The van der Waals surface area contributed by atoms with Gasteiger partial charge in [-0.2, -0.15) is 0 Å². The Kier molecular flexibility index (Phi) is 4.09. The van der Waals surface area contributed by atoms with Gasteiger partial charge in [-0.05, 0) is 49.9 Å². The number of hydrogen-bond donors (Lipinski definition) is 3. The Hall–Kier alpha value is -1.82. The maximum atomic E-state index is 11.4. The van der Waals surface area contributed by atoms with Crippen LogP contribution in [0.4, 0.5) is 0 Å². The fraction of sp³-hybridized carbons (Fsp3) is 0.400. The Labute approximate surface area is 128 Å². The monoisotopic (exact) mass is 306 g/mol. The molecular weight excluding hydrogens is 288 g/mol. The third-order valence-electron chi connectivity index (χ3n) is 4.15. The van der Waals surface area contributed by atoms with Crippen molar-refractivity contribution in [3.05, 3.63) is 28.1 Å². The van der Waals surface area contributed by atoms with Gasteiger partial charge in [-0.1, -0.05) is 0 Å². The molecule has 21 heavy (non-hydrogen) atoms. The van der Waals surface area contributed by atoms with E-state index >= 15 is 0 Å². The average Bonchev–Trinajstić information content (AvgIpc) is 2.84. The summed E-state index contributed by atoms with van der Waals surface area (Å²) in [6.45, 7) is 8.00. The van der Waals surface area contributed by atoms with Gasteiger partial charge < -0.3 is 10.1 Å². The van der Waals surface area contributed by atoms with Gasteiger partial charge in [0.2, 0.25) is 0 Å². The van der Waals surface area contributed by atoms with Gasteiger partial charge in [-0.25, -0.2) is 4.98 Å². The minimum absolute atomic E-state index is 0.186. The summed E-state index contributed by atoms with van der Waals surface area (Å²) in [5.41, 5.74) is 5.99. The number of benzene rings is 1. The van der Waals surface area contributed by atoms with Crippen LogP contribution in [0.15, 0.2) is 0 Å². The Balaban J connectivity index is 2.67. The quantitative estimate of drug-likeness (QED) is 0.759. The molecule has 0 radical (unpaired) electrons. The van der Waals surface area contributed by atoms with Gasteiger partial charge in [-0.3, -0.25) is 9.59 Å². The number of aliphatic carboxylic acids is 1. The molecule has 112 valence electrons. The molecule has 0 aliphatic heterocycles. The number of carbonyl (C=O) groups is 2. The number of imidazole rings is 1. The predicted molar refractivity (Wildman–Crippen MR) is 84.0 cm³/mol. The van der Waals surface area contributed by atoms with Crippen LogP contribution in [0.1, 0.15) is 40.4 Å². The molecule has 0 bridgehead atoms. The van der Waals surface area contributed by atoms with Crippen LogP contribution in [-0.4, -0.2) is 26.2 Å². The maximum absolute atomic E-state index is 11.4. The molecule has 1 aromatic carbocycles. The lowest BCUT2D eigenvalue weighted by Gasteiger charge is -2.09. The van der Waals surface area contributed by atoms with Crippen molar-refractivity contribution in [3.8, 4) is 0 Å². The highest BCUT2D eigenvalue weighted by molar-refractivity contribution is 7.96. The van der Waals surface area contributed by atoms with E-state index in [4.69, 9.17) is 0 Å². The third kappa shape index (κ3) is 2.68. The molecule has 5 nitrogen and oxygen atoms in total. The standard InChI is InChI=1S/C15H18N2O3S/c1-6-7(2)9(4)13-12(8(6)3)16-14(17-13)10(15(19)20)5-11(18)21/h10H,5H2,1-4H3,(H,16,17)(H,18,21)(H,19,20). The van der Waals surface area contributed by atoms with Crippen molar-refractivity contribution in [2.45, 2.75) is 40.0 Å². The number of aromatic nitrogens is 2. The largest absolute Gasteiger partial charge is 0.481 e. The first-order valence-corrected chi connectivity index (χ1v) is 7.09. The Morgan fingerprint density at radius 2 is 1.71 bits per heavy atom. The van der Waals surface area contributed by atoms with Gasteiger partial charge in [0.15, 0.2) is 5.12 Å². The molecule has 0 amide bonds. The van der Waals surface area contributed by atoms with E-state index in [1.807, 2.05) is 27.7 Å². The summed E-state index contributed by atoms with van der Waals surface area (Å²) in [5.74, 6) is -1.78. The number of nitrogens with one attached hydrogen (secondary N) is 1. The fourth-order valence-electron chi connectivity index (χ4n) is 2.50. The molecule has 6 heteroatoms. The van der Waals surface area contributed by atoms with Gasteiger partial charge in [0, 0.05) is 6.42 Å². The second-order valence-electron chi connectivity index (χ2n) is 5.33. The number of carboxylic acids is 1. The van der Waals surface area contributed by atoms with E-state index in [1.54, 1.807) is 0 Å². The Morgan fingerprint density at radius 3 is 2.24 bits per heavy atom. The summed E-state index contributed by atoms with van der Waals surface area (Å²) >= 11 is 3.67. The summed E-state index contributed by atoms with van der Waals surface area (Å²) < 4.78 is 0. The van der Waals surface area contributed by atoms with E-state index in [-0.39, 0.29) is 6.42 Å². The van der Waals surface area contributed by atoms with Crippen LogP contribution in [0.2, 0.25) is 0 Å². The van der Waals surface area contributed by atoms with Crippen LogP contribution in [0.5, 0.6) is 0 Å². The summed E-state index contributed by atoms with van der Waals surface area (Å²) in [6, 6.07) is 0. The van der Waals surface area contributed by atoms with Crippen molar-refractivity contribution in [3.63, 3.8) is 0 Å². The SMILES string of the molecule is Cc1c(C)c(C)c2[nH]c(C(CC(=O)S)C(=O)O)nc2c1C. The third-order valence-corrected chi connectivity index (χ3v) is 4.33. The van der Waals surface area contributed by atoms with E-state index in [0.717, 1.165) is 33.3 Å². The van der Waals surface area contributed by atoms with Crippen LogP contribution in [0.3, 0.4) is 0 Å². The van der Waals surface area contributed by atoms with E-state index in [9.17, 15) is 14.7 Å². The van der Waals surface area contributed by atoms with Crippen molar-refractivity contribution in [1.82, 2.24) is 9.97 Å². The molecule has 0 saturated heterocycles. The van der Waals surface area contributed by atoms with Crippen LogP contribution in [0.25, 0.3) is 11.0 Å². The molecule has 2 N–H and O–H groups in total. The van der Waals surface area contributed by atoms with Gasteiger partial charge in [0.05, 0.1) is 11.0 Å². The van der Waals surface area contributed by atoms with E-state index in [2.05, 4.69) is 22.6 Å². The smallest absolute Gasteiger partial charge is 0.314 e. The molecule has 2 aromatic rings. The topological polar surface area (TPSA) is 83.0 Å². The van der Waals surface area contributed by atoms with Crippen LogP contribution in [-0.2, 0) is 9.59 Å². The van der Waals surface area contributed by atoms with Crippen molar-refractivity contribution >= 4 is 34.7 Å². The molecule has 1 aromatic heterocycles. The van der Waals surface area contributed by atoms with E-state index in [0.29, 0.717) is 5.82 Å². The lowest BCUT2D eigenvalue weighted by molar-refractivity contribution is -0.140. The molecule has 1 unspecified atom stereocenters. The predicted octanol–water partition coefficient (Wildman–Crippen LogP) is 2.81. The number of nitrogens with zero attached hydrogens (tertiary/aromatic N) is 1. The van der Waals surface area contributed by atoms with E-state index < -0.39 is 17.0 Å². The van der Waals surface area contributed by atoms with Crippen molar-refractivity contribution < 1.29 is 14.7 Å². The van der Waals surface area contributed by atoms with Crippen LogP contribution < -0.4 is 0 Å². The van der Waals surface area contributed by atoms with Gasteiger partial charge in [0.25, 0.3) is 0 Å². The van der Waals surface area contributed by atoms with Crippen LogP contribution >= 0.6 is 12.6 Å². The van der Waals surface area contributed by atoms with Gasteiger partial charge in [0.1, 0.15) is 11.7 Å². The minimum Gasteiger partial charge on any atom is -0.481 e. The summed E-state index contributed by atoms with van der Waals surface area (Å²) in [6.07, 6.45) is -0.186. The first-order valence-electron chi connectivity index (χ1n) is 6.64. The number of aromatic amines is 1. The van der Waals surface area contributed by atoms with Gasteiger partial charge in [-0.15, -0.1) is 12.6 Å². The highest BCUT2D eigenvalue weighted by atomic mass is 32.1. The number of hydrogen-bond acceptors (Lipinski definition) is 3. The zero-order chi connectivity index (χ0) is 15.9. The Morgan fingerprint density at radius 1 is 1.14 bits per heavy atom. The normalized spacial score (nSPS) is 12.6. The molecule has 0 aliphatic carbocycles. The molecule has 0 fully saturated rings. The second-order valence-corrected chi connectivity index (χ2v) is 5.83. The first-order chi connectivity index (χ1) is 9.73. The summed E-state index contributed by atoms with van der Waals surface area (Å²) in [5, 5.41) is 8.83. The number of H-pyrrole nitrogens is 1. The van der Waals surface area contributed by atoms with Crippen molar-refractivity contribution in [1.29, 1.82) is 0 Å². The molecule has 0 saturated carbocycles. The molecule has 0 aliphatic rings. The molecule has 1 heterocycles. The highest BCUT2D eigenvalue weighted by Gasteiger charge is 2.26. The zero-order valence-electron chi connectivity index (χ0n) is 12.4. The number of carboxylic acid groups (broad SMARTS) is 1. The van der Waals surface area contributed by atoms with Crippen molar-refractivity contribution in [2.24, 2.45) is 0 Å². The number of thiol groups is 1. The van der Waals surface area contributed by atoms with Crippen molar-refractivity contribution in [2.75, 3.05) is 0 Å².